The summed E-state index contributed by atoms with van der Waals surface area (Å²) < 4.78 is 0. The Hall–Kier alpha value is -3.32. The second-order valence-electron chi connectivity index (χ2n) is 11.6. The summed E-state index contributed by atoms with van der Waals surface area (Å²) in [5.41, 5.74) is 10.4. The molecule has 0 atom stereocenters. The summed E-state index contributed by atoms with van der Waals surface area (Å²) in [5, 5.41) is 3.59. The molecule has 5 rings (SSSR count). The zero-order valence-corrected chi connectivity index (χ0v) is 21.2. The number of rotatable bonds is 3. The average Bonchev–Trinajstić information content (AvgIpc) is 3.11. The summed E-state index contributed by atoms with van der Waals surface area (Å²) in [6.07, 6.45) is 0. The van der Waals surface area contributed by atoms with Crippen LogP contribution in [0.1, 0.15) is 63.8 Å². The van der Waals surface area contributed by atoms with Gasteiger partial charge in [-0.05, 0) is 68.5 Å². The van der Waals surface area contributed by atoms with E-state index in [1.54, 1.807) is 0 Å². The highest BCUT2D eigenvalue weighted by Crippen LogP contribution is 2.60. The van der Waals surface area contributed by atoms with Crippen LogP contribution in [0.2, 0.25) is 0 Å². The lowest BCUT2D eigenvalue weighted by Gasteiger charge is -2.44. The van der Waals surface area contributed by atoms with Crippen molar-refractivity contribution in [3.8, 4) is 11.1 Å². The minimum Gasteiger partial charge on any atom is -0.356 e. The fraction of sp³-hybridized carbons (Fsp3) is 0.273. The first-order chi connectivity index (χ1) is 16.1. The summed E-state index contributed by atoms with van der Waals surface area (Å²) in [6, 6.07) is 35.8. The zero-order chi connectivity index (χ0) is 24.1. The fourth-order valence-electron chi connectivity index (χ4n) is 5.81. The highest BCUT2D eigenvalue weighted by Gasteiger charge is 2.51. The van der Waals surface area contributed by atoms with Crippen molar-refractivity contribution in [2.24, 2.45) is 5.41 Å². The first-order valence-corrected chi connectivity index (χ1v) is 12.3. The molecule has 0 saturated carbocycles. The molecule has 1 heteroatoms. The Balaban J connectivity index is 1.56. The van der Waals surface area contributed by atoms with Gasteiger partial charge in [0.2, 0.25) is 0 Å². The molecule has 4 aromatic rings. The molecule has 1 N–H and O–H groups in total. The van der Waals surface area contributed by atoms with Crippen molar-refractivity contribution in [3.05, 3.63) is 119 Å². The zero-order valence-electron chi connectivity index (χ0n) is 21.2. The van der Waals surface area contributed by atoms with E-state index in [-0.39, 0.29) is 16.2 Å². The second kappa shape index (κ2) is 7.87. The number of hydrogen-bond donors (Lipinski definition) is 1. The Bertz CT molecular complexity index is 1270. The van der Waals surface area contributed by atoms with Crippen molar-refractivity contribution in [2.45, 2.75) is 52.4 Å². The minimum atomic E-state index is -0.201. The van der Waals surface area contributed by atoms with Crippen molar-refractivity contribution < 1.29 is 0 Å². The van der Waals surface area contributed by atoms with E-state index >= 15 is 0 Å². The van der Waals surface area contributed by atoms with Crippen LogP contribution in [0.4, 0.5) is 11.4 Å². The quantitative estimate of drug-likeness (QED) is 0.331. The summed E-state index contributed by atoms with van der Waals surface area (Å²) in [5.74, 6) is 0. The molecule has 172 valence electrons. The molecule has 0 unspecified atom stereocenters. The number of nitrogens with one attached hydrogen (secondary N) is 1. The van der Waals surface area contributed by atoms with Crippen LogP contribution in [0, 0.1) is 5.41 Å². The van der Waals surface area contributed by atoms with E-state index in [1.807, 2.05) is 0 Å². The minimum absolute atomic E-state index is 0.00651. The number of hydrogen-bond acceptors (Lipinski definition) is 1. The van der Waals surface area contributed by atoms with Crippen molar-refractivity contribution >= 4 is 11.4 Å². The molecule has 0 aromatic heterocycles. The van der Waals surface area contributed by atoms with Crippen LogP contribution in [0.5, 0.6) is 0 Å². The van der Waals surface area contributed by atoms with Crippen LogP contribution in [-0.4, -0.2) is 0 Å². The SMILES string of the molecule is CC(C)(C)c1ccc(Nc2ccc(C3(C(C)(C)C)c4ccccc4-c4ccccc43)cc2)cc1. The Labute approximate surface area is 204 Å². The molecule has 0 amide bonds. The van der Waals surface area contributed by atoms with Crippen LogP contribution >= 0.6 is 0 Å². The molecule has 1 nitrogen and oxygen atoms in total. The average molecular weight is 446 g/mol. The van der Waals surface area contributed by atoms with Gasteiger partial charge < -0.3 is 5.32 Å². The highest BCUT2D eigenvalue weighted by atomic mass is 14.9. The van der Waals surface area contributed by atoms with Crippen molar-refractivity contribution in [1.82, 2.24) is 0 Å². The van der Waals surface area contributed by atoms with Crippen LogP contribution in [0.25, 0.3) is 11.1 Å². The maximum atomic E-state index is 3.59. The lowest BCUT2D eigenvalue weighted by Crippen LogP contribution is -2.40. The molecule has 0 fully saturated rings. The van der Waals surface area contributed by atoms with Gasteiger partial charge >= 0.3 is 0 Å². The van der Waals surface area contributed by atoms with Crippen LogP contribution in [0.15, 0.2) is 97.1 Å². The molecule has 0 aliphatic heterocycles. The fourth-order valence-corrected chi connectivity index (χ4v) is 5.81. The van der Waals surface area contributed by atoms with E-state index in [2.05, 4.69) is 144 Å². The molecule has 4 aromatic carbocycles. The van der Waals surface area contributed by atoms with Gasteiger partial charge in [0.1, 0.15) is 0 Å². The summed E-state index contributed by atoms with van der Waals surface area (Å²) in [4.78, 5) is 0. The molecule has 0 saturated heterocycles. The van der Waals surface area contributed by atoms with E-state index in [9.17, 15) is 0 Å². The van der Waals surface area contributed by atoms with Crippen LogP contribution in [0.3, 0.4) is 0 Å². The number of anilines is 2. The first kappa shape index (κ1) is 22.5. The van der Waals surface area contributed by atoms with Gasteiger partial charge in [0.05, 0.1) is 5.41 Å². The molecular formula is C33H35N. The molecule has 0 radical (unpaired) electrons. The van der Waals surface area contributed by atoms with Crippen molar-refractivity contribution in [2.75, 3.05) is 5.32 Å². The number of fused-ring (bicyclic) bond motifs is 3. The highest BCUT2D eigenvalue weighted by molar-refractivity contribution is 5.84. The Morgan fingerprint density at radius 3 is 1.41 bits per heavy atom. The van der Waals surface area contributed by atoms with Crippen LogP contribution < -0.4 is 5.32 Å². The van der Waals surface area contributed by atoms with Gasteiger partial charge in [-0.15, -0.1) is 0 Å². The normalized spacial score (nSPS) is 14.4. The molecule has 34 heavy (non-hydrogen) atoms. The largest absolute Gasteiger partial charge is 0.356 e. The van der Waals surface area contributed by atoms with Crippen molar-refractivity contribution in [1.29, 1.82) is 0 Å². The van der Waals surface area contributed by atoms with Gasteiger partial charge in [-0.25, -0.2) is 0 Å². The summed E-state index contributed by atoms with van der Waals surface area (Å²) in [6.45, 7) is 13.9. The smallest absolute Gasteiger partial charge is 0.0511 e. The van der Waals surface area contributed by atoms with Gasteiger partial charge in [-0.1, -0.05) is 114 Å². The molecule has 0 spiro atoms. The van der Waals surface area contributed by atoms with Gasteiger partial charge in [0.25, 0.3) is 0 Å². The molecule has 0 bridgehead atoms. The van der Waals surface area contributed by atoms with Gasteiger partial charge in [-0.3, -0.25) is 0 Å². The maximum Gasteiger partial charge on any atom is 0.0511 e. The second-order valence-corrected chi connectivity index (χ2v) is 11.6. The molecular weight excluding hydrogens is 410 g/mol. The molecule has 1 aliphatic rings. The van der Waals surface area contributed by atoms with E-state index in [0.717, 1.165) is 11.4 Å². The lowest BCUT2D eigenvalue weighted by atomic mass is 9.58. The molecule has 1 aliphatic carbocycles. The molecule has 0 heterocycles. The van der Waals surface area contributed by atoms with Gasteiger partial charge in [-0.2, -0.15) is 0 Å². The standard InChI is InChI=1S/C33H35N/c1-31(2,3)23-15-19-25(20-16-23)34-26-21-17-24(18-22-26)33(32(4,5)6)29-13-9-7-11-27(29)28-12-8-10-14-30(28)33/h7-22,34H,1-6H3. The van der Waals surface area contributed by atoms with E-state index in [0.29, 0.717) is 0 Å². The van der Waals surface area contributed by atoms with Crippen molar-refractivity contribution in [3.63, 3.8) is 0 Å². The van der Waals surface area contributed by atoms with E-state index in [4.69, 9.17) is 0 Å². The Kier molecular flexibility index (Phi) is 5.20. The van der Waals surface area contributed by atoms with E-state index < -0.39 is 0 Å². The third-order valence-electron chi connectivity index (χ3n) is 7.43. The third kappa shape index (κ3) is 3.46. The predicted molar refractivity (Wildman–Crippen MR) is 146 cm³/mol. The Morgan fingerprint density at radius 2 is 0.971 bits per heavy atom. The lowest BCUT2D eigenvalue weighted by molar-refractivity contribution is 0.278. The predicted octanol–water partition coefficient (Wildman–Crippen LogP) is 9.09. The van der Waals surface area contributed by atoms with Gasteiger partial charge in [0, 0.05) is 11.4 Å². The number of benzene rings is 4. The maximum absolute atomic E-state index is 3.59. The Morgan fingerprint density at radius 1 is 0.529 bits per heavy atom. The monoisotopic (exact) mass is 445 g/mol. The third-order valence-corrected chi connectivity index (χ3v) is 7.43. The van der Waals surface area contributed by atoms with Gasteiger partial charge in [0.15, 0.2) is 0 Å². The topological polar surface area (TPSA) is 12.0 Å². The first-order valence-electron chi connectivity index (χ1n) is 12.3. The van der Waals surface area contributed by atoms with E-state index in [1.165, 1.54) is 33.4 Å². The summed E-state index contributed by atoms with van der Waals surface area (Å²) in [7, 11) is 0. The summed E-state index contributed by atoms with van der Waals surface area (Å²) >= 11 is 0. The van der Waals surface area contributed by atoms with Crippen LogP contribution in [-0.2, 0) is 10.8 Å².